The fraction of sp³-hybridized carbons (Fsp3) is 0.165. The number of esters is 5. The molecule has 11 N–H and O–H groups in total. The van der Waals surface area contributed by atoms with E-state index in [1.807, 2.05) is 107 Å². The number of aryl methyl sites for hydroxylation is 6. The van der Waals surface area contributed by atoms with Gasteiger partial charge in [-0.1, -0.05) is 51.9 Å². The molecule has 0 bridgehead atoms. The van der Waals surface area contributed by atoms with Crippen molar-refractivity contribution in [1.82, 2.24) is 20.3 Å². The van der Waals surface area contributed by atoms with Crippen LogP contribution in [0.1, 0.15) is 114 Å². The van der Waals surface area contributed by atoms with E-state index in [4.69, 9.17) is 82.2 Å². The molecule has 0 unspecified atom stereocenters. The minimum absolute atomic E-state index is 0. The van der Waals surface area contributed by atoms with Gasteiger partial charge in [0.25, 0.3) is 34.5 Å². The molecular weight excluding hydrogens is 1920 g/mol. The number of nitrogens with two attached hydrogens (primary N) is 3. The van der Waals surface area contributed by atoms with Crippen LogP contribution in [0.15, 0.2) is 173 Å². The second-order valence-electron chi connectivity index (χ2n) is 24.4. The first kappa shape index (κ1) is 106. The number of aliphatic hydroxyl groups excluding tert-OH is 1. The Balaban J connectivity index is 0.000000392. The van der Waals surface area contributed by atoms with Crippen molar-refractivity contribution in [2.24, 2.45) is 16.8 Å². The number of aromatic nitrogens is 4. The van der Waals surface area contributed by atoms with Crippen LogP contribution >= 0.6 is 40.4 Å². The summed E-state index contributed by atoms with van der Waals surface area (Å²) >= 11 is 1.01. The third-order valence-corrected chi connectivity index (χ3v) is 17.6. The first-order chi connectivity index (χ1) is 58.9. The van der Waals surface area contributed by atoms with Crippen LogP contribution in [0.25, 0.3) is 79.0 Å². The molecule has 0 saturated carbocycles. The third-order valence-electron chi connectivity index (χ3n) is 16.6. The molecule has 47 heteroatoms. The van der Waals surface area contributed by atoms with Crippen molar-refractivity contribution in [2.75, 3.05) is 47.9 Å². The number of nitro benzene ring substituents is 4. The zero-order valence-electron chi connectivity index (χ0n) is 68.4. The van der Waals surface area contributed by atoms with Crippen molar-refractivity contribution >= 4 is 162 Å². The summed E-state index contributed by atoms with van der Waals surface area (Å²) in [6, 6.07) is 38.7. The molecule has 8 aromatic carbocycles. The zero-order valence-corrected chi connectivity index (χ0v) is 75.0. The Labute approximate surface area is 754 Å². The molecule has 0 saturated heterocycles. The average Bonchev–Trinajstić information content (AvgIpc) is 1.57. The maximum absolute atomic E-state index is 11.7. The Kier molecular flexibility index (Phi) is 42.8. The number of amidine groups is 1. The maximum atomic E-state index is 11.7. The van der Waals surface area contributed by atoms with Crippen molar-refractivity contribution in [1.29, 1.82) is 5.26 Å². The van der Waals surface area contributed by atoms with Gasteiger partial charge in [-0.3, -0.25) is 40.5 Å². The number of aliphatic hydroxyl groups is 1. The number of rotatable bonds is 15. The van der Waals surface area contributed by atoms with Crippen molar-refractivity contribution < 1.29 is 139 Å². The third kappa shape index (κ3) is 27.6. The second kappa shape index (κ2) is 50.7. The van der Waals surface area contributed by atoms with Crippen LogP contribution in [0, 0.1) is 96.9 Å². The summed E-state index contributed by atoms with van der Waals surface area (Å²) in [6.45, 7) is 13.7. The van der Waals surface area contributed by atoms with E-state index >= 15 is 0 Å². The van der Waals surface area contributed by atoms with E-state index < -0.39 is 91.6 Å². The number of nitrogens with zero attached hydrogens (tertiary/aromatic N) is 10. The number of hydrogen-bond acceptors (Lipinski definition) is 36. The van der Waals surface area contributed by atoms with Crippen molar-refractivity contribution in [3.05, 3.63) is 268 Å². The van der Waals surface area contributed by atoms with Gasteiger partial charge in [0.05, 0.1) is 92.2 Å². The van der Waals surface area contributed by atoms with Crippen LogP contribution in [-0.4, -0.2) is 169 Å². The number of nitro groups is 4. The molecule has 0 atom stereocenters. The van der Waals surface area contributed by atoms with Crippen LogP contribution < -0.4 is 36.2 Å². The number of carbonyl (C=O) groups is 6. The first-order valence-electron chi connectivity index (χ1n) is 34.7. The van der Waals surface area contributed by atoms with Crippen LogP contribution in [0.5, 0.6) is 0 Å². The number of furan rings is 3. The van der Waals surface area contributed by atoms with Crippen molar-refractivity contribution in [3.63, 3.8) is 0 Å². The van der Waals surface area contributed by atoms with E-state index in [-0.39, 0.29) is 105 Å². The van der Waals surface area contributed by atoms with E-state index in [1.54, 1.807) is 37.3 Å². The predicted molar refractivity (Wildman–Crippen MR) is 457 cm³/mol. The van der Waals surface area contributed by atoms with Gasteiger partial charge in [-0.2, -0.15) is 15.2 Å². The number of nitriles is 1. The Morgan fingerprint density at radius 2 is 0.841 bits per heavy atom. The van der Waals surface area contributed by atoms with Crippen molar-refractivity contribution in [3.8, 4) is 52.1 Å². The number of fused-ring (bicyclic) bond motifs is 3. The summed E-state index contributed by atoms with van der Waals surface area (Å²) in [7, 11) is 15.9. The number of nitrogen functional groups attached to an aromatic ring is 1. The summed E-state index contributed by atoms with van der Waals surface area (Å²) in [6.07, 6.45) is 0. The first-order valence-corrected chi connectivity index (χ1v) is 43.0. The fourth-order valence-corrected chi connectivity index (χ4v) is 11.1. The largest absolute Gasteiger partial charge is 1.00 e. The molecule has 0 aliphatic carbocycles. The number of benzene rings is 8. The van der Waals surface area contributed by atoms with Crippen LogP contribution in [0.3, 0.4) is 0 Å². The van der Waals surface area contributed by atoms with Crippen LogP contribution in [0.2, 0.25) is 0 Å². The Morgan fingerprint density at radius 3 is 1.20 bits per heavy atom. The number of carbonyl (C=O) groups excluding carboxylic acids is 5. The molecule has 654 valence electrons. The van der Waals surface area contributed by atoms with Gasteiger partial charge < -0.3 is 83.6 Å². The Bertz CT molecular complexity index is 6090. The number of carboxylic acid groups (broad SMARTS) is 1. The van der Waals surface area contributed by atoms with Gasteiger partial charge in [0.2, 0.25) is 17.4 Å². The minimum Gasteiger partial charge on any atom is -0.870 e. The number of hydrogen-bond donors (Lipinski definition) is 7. The monoisotopic (exact) mass is 1990 g/mol. The van der Waals surface area contributed by atoms with E-state index in [0.717, 1.165) is 80.4 Å². The van der Waals surface area contributed by atoms with E-state index in [2.05, 4.69) is 50.3 Å². The molecule has 0 spiro atoms. The smallest absolute Gasteiger partial charge is 0.870 e. The molecule has 0 fully saturated rings. The second-order valence-corrected chi connectivity index (χ2v) is 29.8. The standard InChI is InChI=1S/C20H15N3O6.C20H17N3O4.C11H10O3.C9H9N3O5.C9H6N2O4.C8H6INO4.C2H6O.2ClH.Li.H3NO.H2O.Sn/c1-10-4-5-11(2)17-14(10)9-16(28-17)19-21-18(22-29-19)13-7-6-12(20(24)27-3)8-15(13)23(25)26;1-10-4-5-11(2)17-14(10)9-16(26-17)19-22-18(23-27-19)13-7-6-12(8-15(13)21)20(24)25-3;1-6-3-4-7(2)10-8(6)5-9(14-10)11(12)13;1-17-9(13)5-2-3-6(8(10)11-14)7(4-5)12(15)16;1-15-9(12)6-2-3-7(5-10)8(4-6)11(13)14;1-14-8(11)5-2-3-6(9)7(4-5)10(12)13;1-2-3;;;;1-2;;/h4-9H,1-3H3;4-9H,21H2,1-3H3;3-5H,1-2H3,(H,12,13);2-4,14H,1H3,(H2,10,11);2-4H,1H3;2-4H,1H3;3H,2H2,1H3;2*1H;;2H,1H2;1H2;/q;;;;;;;;;+1;;;+2/p-3. The summed E-state index contributed by atoms with van der Waals surface area (Å²) in [4.78, 5) is 117. The Morgan fingerprint density at radius 1 is 0.516 bits per heavy atom. The Hall–Kier alpha value is -13.8. The number of aromatic carboxylic acids is 1. The van der Waals surface area contributed by atoms with Crippen LogP contribution in [-0.2, 0) is 23.7 Å². The summed E-state index contributed by atoms with van der Waals surface area (Å²) in [5, 5.41) is 96.5. The molecule has 0 aliphatic rings. The molecule has 13 aromatic rings. The van der Waals surface area contributed by atoms with Crippen LogP contribution in [0.4, 0.5) is 28.4 Å². The van der Waals surface area contributed by atoms with Gasteiger partial charge in [-0.25, -0.2) is 34.7 Å². The fourth-order valence-electron chi connectivity index (χ4n) is 10.6. The van der Waals surface area contributed by atoms with Gasteiger partial charge in [0.15, 0.2) is 17.4 Å². The number of ether oxygens (including phenoxy) is 5. The zero-order chi connectivity index (χ0) is 92.7. The number of carboxylic acids is 1. The molecular formula is C79H73Cl2ILiN13O29Sn. The number of halogens is 3. The van der Waals surface area contributed by atoms with Gasteiger partial charge >= 0.3 is 91.4 Å². The summed E-state index contributed by atoms with van der Waals surface area (Å²) in [5.74, 6) is 0.492. The summed E-state index contributed by atoms with van der Waals surface area (Å²) < 4.78 is 50.7. The van der Waals surface area contributed by atoms with Gasteiger partial charge in [-0.05, 0) is 189 Å². The van der Waals surface area contributed by atoms with E-state index in [9.17, 15) is 69.2 Å². The van der Waals surface area contributed by atoms with E-state index in [0.29, 0.717) is 48.9 Å². The topological polar surface area (TPSA) is 664 Å². The maximum Gasteiger partial charge on any atom is 1.00 e. The molecule has 0 aliphatic heterocycles. The van der Waals surface area contributed by atoms with E-state index in [1.165, 1.54) is 89.1 Å². The molecule has 126 heavy (non-hydrogen) atoms. The molecule has 13 rings (SSSR count). The molecule has 5 heterocycles. The quantitative estimate of drug-likeness (QED) is 0.00479. The molecule has 42 nitrogen and oxygen atoms in total. The van der Waals surface area contributed by atoms with Gasteiger partial charge in [0.1, 0.15) is 33.9 Å². The minimum atomic E-state index is -1.03. The van der Waals surface area contributed by atoms with Gasteiger partial charge in [-0.15, -0.1) is 0 Å². The van der Waals surface area contributed by atoms with Gasteiger partial charge in [0, 0.05) is 58.3 Å². The molecule has 0 amide bonds. The number of methoxy groups -OCH3 is 5. The number of anilines is 1. The van der Waals surface area contributed by atoms with Crippen molar-refractivity contribution in [2.45, 2.75) is 48.5 Å². The summed E-state index contributed by atoms with van der Waals surface area (Å²) in [5.41, 5.74) is 19.8. The predicted octanol–water partition coefficient (Wildman–Crippen LogP) is 12.2. The SMILES string of the molecule is CCO.COC(=O)c1ccc(-c2noc(-c3cc4c(C)ccc(C)c4o3)n2)c(N)c1.COC(=O)c1ccc(-c2noc(-c3cc4c(C)ccc(C)c4o3)n2)c([N+](=O)[O-])c1.COC(=O)c1ccc(/C(N)=N/O)c([N+](=O)[O-])c1.COC(=O)c1ccc(C#N)c([N+](=O)[O-])c1.COC(=O)c1ccc(I)c([N+](=O)[O-])c1.Cc1ccc(C)c2oc(C(=O)O)cc12.NO.[Cl][Sn][Cl].[Li+].[OH-]. The number of oxime groups is 1. The molecule has 2 radical (unpaired) electrons. The average molecular weight is 1990 g/mol. The molecule has 5 aromatic heterocycles. The normalized spacial score (nSPS) is 10.1.